The first-order chi connectivity index (χ1) is 9.23. The van der Waals surface area contributed by atoms with Gasteiger partial charge in [-0.1, -0.05) is 12.8 Å². The Bertz CT molecular complexity index is 357. The molecule has 0 bridgehead atoms. The molecule has 5 heteroatoms. The van der Waals surface area contributed by atoms with Crippen LogP contribution in [0.15, 0.2) is 0 Å². The molecule has 0 radical (unpaired) electrons. The molecule has 5 nitrogen and oxygen atoms in total. The number of rotatable bonds is 1. The van der Waals surface area contributed by atoms with E-state index in [4.69, 9.17) is 4.74 Å². The zero-order chi connectivity index (χ0) is 15.0. The van der Waals surface area contributed by atoms with Gasteiger partial charge in [0.05, 0.1) is 17.7 Å². The Morgan fingerprint density at radius 3 is 2.40 bits per heavy atom. The normalized spacial score (nSPS) is 30.4. The Labute approximate surface area is 120 Å². The molecule has 2 aliphatic rings. The molecule has 0 aromatic carbocycles. The van der Waals surface area contributed by atoms with Crippen molar-refractivity contribution < 1.29 is 19.7 Å². The van der Waals surface area contributed by atoms with E-state index >= 15 is 0 Å². The van der Waals surface area contributed by atoms with Crippen molar-refractivity contribution in [3.05, 3.63) is 0 Å². The number of ether oxygens (including phenoxy) is 1. The second kappa shape index (κ2) is 5.53. The van der Waals surface area contributed by atoms with Crippen LogP contribution in [0.2, 0.25) is 0 Å². The molecule has 116 valence electrons. The van der Waals surface area contributed by atoms with Gasteiger partial charge in [-0.15, -0.1) is 0 Å². The van der Waals surface area contributed by atoms with Gasteiger partial charge in [-0.05, 0) is 46.5 Å². The largest absolute Gasteiger partial charge is 0.444 e. The predicted molar refractivity (Wildman–Crippen MR) is 75.4 cm³/mol. The van der Waals surface area contributed by atoms with Crippen LogP contribution in [0, 0.1) is 0 Å². The summed E-state index contributed by atoms with van der Waals surface area (Å²) in [5.74, 6) is 0. The maximum absolute atomic E-state index is 12.4. The van der Waals surface area contributed by atoms with E-state index in [0.29, 0.717) is 25.8 Å². The Morgan fingerprint density at radius 1 is 1.25 bits per heavy atom. The molecule has 1 saturated heterocycles. The lowest BCUT2D eigenvalue weighted by Gasteiger charge is -2.46. The number of hydrogen-bond acceptors (Lipinski definition) is 4. The van der Waals surface area contributed by atoms with Gasteiger partial charge in [0.1, 0.15) is 5.60 Å². The van der Waals surface area contributed by atoms with Crippen molar-refractivity contribution in [3.8, 4) is 0 Å². The van der Waals surface area contributed by atoms with Gasteiger partial charge in [0.2, 0.25) is 0 Å². The summed E-state index contributed by atoms with van der Waals surface area (Å²) in [5.41, 5.74) is -1.53. The first kappa shape index (κ1) is 15.6. The molecule has 2 fully saturated rings. The van der Waals surface area contributed by atoms with Crippen LogP contribution in [-0.2, 0) is 4.74 Å². The molecule has 1 heterocycles. The van der Waals surface area contributed by atoms with Gasteiger partial charge in [-0.25, -0.2) is 4.79 Å². The number of piperidine rings is 1. The number of carbonyl (C=O) groups excluding carboxylic acids is 1. The Balaban J connectivity index is 2.18. The van der Waals surface area contributed by atoms with Gasteiger partial charge >= 0.3 is 6.09 Å². The highest BCUT2D eigenvalue weighted by molar-refractivity contribution is 5.69. The highest BCUT2D eigenvalue weighted by Crippen LogP contribution is 2.39. The maximum Gasteiger partial charge on any atom is 0.410 e. The molecule has 2 atom stereocenters. The van der Waals surface area contributed by atoms with E-state index < -0.39 is 29.4 Å². The van der Waals surface area contributed by atoms with Crippen molar-refractivity contribution >= 4 is 6.09 Å². The quantitative estimate of drug-likeness (QED) is 0.773. The fourth-order valence-electron chi connectivity index (χ4n) is 3.43. The number of likely N-dealkylation sites (tertiary alicyclic amines) is 1. The van der Waals surface area contributed by atoms with Crippen molar-refractivity contribution in [1.29, 1.82) is 0 Å². The van der Waals surface area contributed by atoms with Gasteiger partial charge in [0.15, 0.2) is 0 Å². The average Bonchev–Trinajstić information content (AvgIpc) is 2.74. The van der Waals surface area contributed by atoms with Crippen LogP contribution in [0.3, 0.4) is 0 Å². The first-order valence-corrected chi connectivity index (χ1v) is 7.63. The third-order valence-corrected chi connectivity index (χ3v) is 4.25. The monoisotopic (exact) mass is 285 g/mol. The van der Waals surface area contributed by atoms with Gasteiger partial charge in [0.25, 0.3) is 0 Å². The van der Waals surface area contributed by atoms with Crippen molar-refractivity contribution in [2.24, 2.45) is 0 Å². The van der Waals surface area contributed by atoms with Crippen LogP contribution in [0.5, 0.6) is 0 Å². The van der Waals surface area contributed by atoms with Crippen LogP contribution >= 0.6 is 0 Å². The minimum Gasteiger partial charge on any atom is -0.444 e. The van der Waals surface area contributed by atoms with Crippen molar-refractivity contribution in [3.63, 3.8) is 0 Å². The van der Waals surface area contributed by atoms with E-state index in [1.54, 1.807) is 4.90 Å². The van der Waals surface area contributed by atoms with Gasteiger partial charge in [-0.3, -0.25) is 4.90 Å². The zero-order valence-corrected chi connectivity index (χ0v) is 12.8. The topological polar surface area (TPSA) is 70.0 Å². The maximum atomic E-state index is 12.4. The summed E-state index contributed by atoms with van der Waals surface area (Å²) in [4.78, 5) is 13.9. The van der Waals surface area contributed by atoms with Gasteiger partial charge in [-0.2, -0.15) is 0 Å². The van der Waals surface area contributed by atoms with E-state index in [-0.39, 0.29) is 0 Å². The summed E-state index contributed by atoms with van der Waals surface area (Å²) >= 11 is 0. The second-order valence-electron chi connectivity index (χ2n) is 7.14. The fraction of sp³-hybridized carbons (Fsp3) is 0.933. The highest BCUT2D eigenvalue weighted by atomic mass is 16.6. The fourth-order valence-corrected chi connectivity index (χ4v) is 3.43. The van der Waals surface area contributed by atoms with E-state index in [0.717, 1.165) is 19.3 Å². The third-order valence-electron chi connectivity index (χ3n) is 4.25. The molecular weight excluding hydrogens is 258 g/mol. The molecule has 20 heavy (non-hydrogen) atoms. The standard InChI is InChI=1S/C15H27NO4/c1-14(2,3)20-13(18)16-10-6-7-11(17)12(16)15(19)8-4-5-9-15/h11-12,17,19H,4-10H2,1-3H3/t11-,12-/m0/s1. The summed E-state index contributed by atoms with van der Waals surface area (Å²) in [6, 6.07) is -0.534. The number of carbonyl (C=O) groups is 1. The van der Waals surface area contributed by atoms with E-state index in [1.165, 1.54) is 0 Å². The summed E-state index contributed by atoms with van der Waals surface area (Å²) in [6.07, 6.45) is 3.46. The Morgan fingerprint density at radius 2 is 1.85 bits per heavy atom. The molecule has 0 aromatic rings. The molecule has 0 unspecified atom stereocenters. The second-order valence-corrected chi connectivity index (χ2v) is 7.14. The SMILES string of the molecule is CC(C)(C)OC(=O)N1CCC[C@H](O)[C@H]1C1(O)CCCC1. The molecule has 1 aliphatic carbocycles. The number of nitrogens with zero attached hydrogens (tertiary/aromatic N) is 1. The number of hydrogen-bond donors (Lipinski definition) is 2. The van der Waals surface area contributed by atoms with Crippen LogP contribution in [-0.4, -0.2) is 51.1 Å². The van der Waals surface area contributed by atoms with Gasteiger partial charge < -0.3 is 14.9 Å². The molecule has 1 saturated carbocycles. The average molecular weight is 285 g/mol. The van der Waals surface area contributed by atoms with Crippen LogP contribution in [0.1, 0.15) is 59.3 Å². The van der Waals surface area contributed by atoms with Crippen LogP contribution in [0.4, 0.5) is 4.79 Å². The minimum absolute atomic E-state index is 0.429. The van der Waals surface area contributed by atoms with Crippen LogP contribution < -0.4 is 0 Å². The highest BCUT2D eigenvalue weighted by Gasteiger charge is 2.49. The zero-order valence-electron chi connectivity index (χ0n) is 12.8. The number of amides is 1. The Kier molecular flexibility index (Phi) is 4.30. The first-order valence-electron chi connectivity index (χ1n) is 7.63. The lowest BCUT2D eigenvalue weighted by atomic mass is 9.83. The molecule has 2 N–H and O–H groups in total. The molecular formula is C15H27NO4. The Hall–Kier alpha value is -0.810. The molecule has 0 aromatic heterocycles. The molecule has 1 aliphatic heterocycles. The molecule has 0 spiro atoms. The number of aliphatic hydroxyl groups is 2. The van der Waals surface area contributed by atoms with Gasteiger partial charge in [0, 0.05) is 6.54 Å². The van der Waals surface area contributed by atoms with E-state index in [1.807, 2.05) is 20.8 Å². The third kappa shape index (κ3) is 3.26. The lowest BCUT2D eigenvalue weighted by Crippen LogP contribution is -2.62. The van der Waals surface area contributed by atoms with E-state index in [2.05, 4.69) is 0 Å². The van der Waals surface area contributed by atoms with Crippen molar-refractivity contribution in [1.82, 2.24) is 4.90 Å². The summed E-state index contributed by atoms with van der Waals surface area (Å²) in [7, 11) is 0. The van der Waals surface area contributed by atoms with E-state index in [9.17, 15) is 15.0 Å². The molecule has 1 amide bonds. The summed E-state index contributed by atoms with van der Waals surface area (Å²) < 4.78 is 5.43. The summed E-state index contributed by atoms with van der Waals surface area (Å²) in [5, 5.41) is 21.1. The van der Waals surface area contributed by atoms with Crippen LogP contribution in [0.25, 0.3) is 0 Å². The van der Waals surface area contributed by atoms with Crippen molar-refractivity contribution in [2.45, 2.75) is 82.6 Å². The van der Waals surface area contributed by atoms with Crippen molar-refractivity contribution in [2.75, 3.05) is 6.54 Å². The smallest absolute Gasteiger partial charge is 0.410 e. The predicted octanol–water partition coefficient (Wildman–Crippen LogP) is 2.05. The minimum atomic E-state index is -0.962. The summed E-state index contributed by atoms with van der Waals surface area (Å²) in [6.45, 7) is 6.01. The number of aliphatic hydroxyl groups excluding tert-OH is 1. The molecule has 2 rings (SSSR count). The lowest BCUT2D eigenvalue weighted by molar-refractivity contribution is -0.110.